The molecule has 0 saturated carbocycles. The van der Waals surface area contributed by atoms with Crippen molar-refractivity contribution >= 4 is 63.3 Å². The maximum absolute atomic E-state index is 2.61. The van der Waals surface area contributed by atoms with Gasteiger partial charge in [0.15, 0.2) is 0 Å². The van der Waals surface area contributed by atoms with E-state index >= 15 is 0 Å². The van der Waals surface area contributed by atoms with Crippen LogP contribution in [-0.4, -0.2) is 6.71 Å². The minimum absolute atomic E-state index is 0.0476. The molecule has 0 atom stereocenters. The average molecular weight is 573 g/mol. The van der Waals surface area contributed by atoms with Crippen molar-refractivity contribution in [1.29, 1.82) is 0 Å². The van der Waals surface area contributed by atoms with Crippen LogP contribution >= 0.6 is 11.8 Å². The lowest BCUT2D eigenvalue weighted by Crippen LogP contribution is -2.59. The van der Waals surface area contributed by atoms with Crippen molar-refractivity contribution in [2.45, 2.75) is 54.7 Å². The monoisotopic (exact) mass is 572 g/mol. The van der Waals surface area contributed by atoms with E-state index in [1.54, 1.807) is 5.57 Å². The quantitative estimate of drug-likeness (QED) is 0.191. The molecule has 1 aliphatic carbocycles. The van der Waals surface area contributed by atoms with E-state index in [2.05, 4.69) is 139 Å². The Kier molecular flexibility index (Phi) is 5.56. The van der Waals surface area contributed by atoms with E-state index in [1.807, 2.05) is 11.8 Å². The number of fused-ring (bicyclic) bond motifs is 5. The van der Waals surface area contributed by atoms with Crippen LogP contribution in [0.4, 0.5) is 28.4 Å². The molecule has 5 aromatic rings. The highest BCUT2D eigenvalue weighted by molar-refractivity contribution is 8.00. The molecule has 0 amide bonds. The van der Waals surface area contributed by atoms with E-state index in [4.69, 9.17) is 0 Å². The van der Waals surface area contributed by atoms with Crippen LogP contribution in [0.25, 0.3) is 0 Å². The van der Waals surface area contributed by atoms with Crippen LogP contribution < -0.4 is 26.2 Å². The van der Waals surface area contributed by atoms with Gasteiger partial charge < -0.3 is 9.80 Å². The third-order valence-electron chi connectivity index (χ3n) is 10.1. The van der Waals surface area contributed by atoms with Gasteiger partial charge >= 0.3 is 0 Å². The molecule has 3 aliphatic heterocycles. The molecule has 4 heteroatoms. The van der Waals surface area contributed by atoms with Gasteiger partial charge in [0.05, 0.1) is 0 Å². The van der Waals surface area contributed by atoms with E-state index < -0.39 is 0 Å². The average Bonchev–Trinajstić information content (AvgIpc) is 3.05. The molecule has 0 unspecified atom stereocenters. The number of allylic oxidation sites excluding steroid dienone is 2. The summed E-state index contributed by atoms with van der Waals surface area (Å²) in [6, 6.07) is 43.2. The van der Waals surface area contributed by atoms with Crippen molar-refractivity contribution in [3.63, 3.8) is 0 Å². The Morgan fingerprint density at radius 2 is 1.35 bits per heavy atom. The van der Waals surface area contributed by atoms with Crippen LogP contribution in [0, 0.1) is 0 Å². The Morgan fingerprint density at radius 3 is 2.26 bits per heavy atom. The lowest BCUT2D eigenvalue weighted by molar-refractivity contribution is 0.517. The molecule has 2 nitrogen and oxygen atoms in total. The van der Waals surface area contributed by atoms with Crippen LogP contribution in [0.5, 0.6) is 0 Å². The maximum Gasteiger partial charge on any atom is 0.249 e. The lowest BCUT2D eigenvalue weighted by Gasteiger charge is -2.46. The SMILES string of the molecule is CC1(C)C2=C(CCCC2)N(c2ccc3c(c2)N(c2ccccc2)c2cccc4c2B3c2ccccc2S4)c2ccccc21. The second-order valence-electron chi connectivity index (χ2n) is 12.8. The highest BCUT2D eigenvalue weighted by atomic mass is 32.2. The first kappa shape index (κ1) is 25.4. The molecule has 0 spiro atoms. The van der Waals surface area contributed by atoms with Crippen molar-refractivity contribution in [1.82, 2.24) is 0 Å². The number of para-hydroxylation sites is 2. The Bertz CT molecular complexity index is 1960. The molecule has 0 bridgehead atoms. The predicted molar refractivity (Wildman–Crippen MR) is 183 cm³/mol. The zero-order valence-electron chi connectivity index (χ0n) is 24.7. The molecule has 0 radical (unpaired) electrons. The van der Waals surface area contributed by atoms with E-state index in [0.29, 0.717) is 0 Å². The van der Waals surface area contributed by atoms with Gasteiger partial charge in [-0.05, 0) is 96.3 Å². The fourth-order valence-corrected chi connectivity index (χ4v) is 9.39. The Balaban J connectivity index is 1.31. The standard InChI is InChI=1S/C39H33BN2S/c1-39(2)28-15-6-9-18-32(28)42(33-19-10-7-16-29(33)39)27-23-24-30-35(25-27)41(26-13-4-3-5-14-26)34-20-12-22-37-38(34)40(30)31-17-8-11-21-36(31)43-37/h3-6,8-9,11-15,17-18,20-25H,7,10,16,19H2,1-2H3. The van der Waals surface area contributed by atoms with E-state index in [9.17, 15) is 0 Å². The summed E-state index contributed by atoms with van der Waals surface area (Å²) in [6.07, 6.45) is 4.84. The molecular weight excluding hydrogens is 539 g/mol. The number of hydrogen-bond donors (Lipinski definition) is 0. The van der Waals surface area contributed by atoms with Crippen molar-refractivity contribution in [3.05, 3.63) is 132 Å². The largest absolute Gasteiger partial charge is 0.314 e. The summed E-state index contributed by atoms with van der Waals surface area (Å²) in [6.45, 7) is 5.08. The molecule has 0 saturated heterocycles. The van der Waals surface area contributed by atoms with Crippen LogP contribution in [0.15, 0.2) is 136 Å². The summed E-state index contributed by atoms with van der Waals surface area (Å²) >= 11 is 1.91. The summed E-state index contributed by atoms with van der Waals surface area (Å²) in [4.78, 5) is 7.85. The van der Waals surface area contributed by atoms with Gasteiger partial charge in [-0.1, -0.05) is 97.8 Å². The zero-order valence-corrected chi connectivity index (χ0v) is 25.5. The zero-order chi connectivity index (χ0) is 28.7. The second-order valence-corrected chi connectivity index (χ2v) is 13.9. The number of hydrogen-bond acceptors (Lipinski definition) is 3. The summed E-state index contributed by atoms with van der Waals surface area (Å²) in [5.41, 5.74) is 15.2. The van der Waals surface area contributed by atoms with Crippen LogP contribution in [0.3, 0.4) is 0 Å². The lowest BCUT2D eigenvalue weighted by atomic mass is 9.35. The minimum Gasteiger partial charge on any atom is -0.314 e. The maximum atomic E-state index is 2.61. The van der Waals surface area contributed by atoms with Crippen LogP contribution in [0.1, 0.15) is 45.1 Å². The first-order valence-corrected chi connectivity index (χ1v) is 16.4. The van der Waals surface area contributed by atoms with E-state index in [-0.39, 0.29) is 12.1 Å². The molecule has 0 N–H and O–H groups in total. The molecule has 3 heterocycles. The van der Waals surface area contributed by atoms with Crippen LogP contribution in [-0.2, 0) is 5.41 Å². The molecule has 0 aromatic heterocycles. The van der Waals surface area contributed by atoms with Gasteiger partial charge in [-0.25, -0.2) is 0 Å². The summed E-state index contributed by atoms with van der Waals surface area (Å²) in [5, 5.41) is 0. The molecule has 5 aromatic carbocycles. The van der Waals surface area contributed by atoms with Gasteiger partial charge in [-0.15, -0.1) is 0 Å². The van der Waals surface area contributed by atoms with Crippen molar-refractivity contribution in [2.24, 2.45) is 0 Å². The fraction of sp³-hybridized carbons (Fsp3) is 0.179. The van der Waals surface area contributed by atoms with Gasteiger partial charge in [0, 0.05) is 49.3 Å². The van der Waals surface area contributed by atoms with E-state index in [0.717, 1.165) is 6.42 Å². The smallest absolute Gasteiger partial charge is 0.249 e. The Hall–Kier alpha value is -4.15. The Morgan fingerprint density at radius 1 is 0.605 bits per heavy atom. The topological polar surface area (TPSA) is 6.48 Å². The minimum atomic E-state index is 0.0476. The first-order chi connectivity index (χ1) is 21.1. The highest BCUT2D eigenvalue weighted by Crippen LogP contribution is 2.53. The predicted octanol–water partition coefficient (Wildman–Crippen LogP) is 8.71. The first-order valence-electron chi connectivity index (χ1n) is 15.6. The normalized spacial score (nSPS) is 17.5. The molecule has 43 heavy (non-hydrogen) atoms. The van der Waals surface area contributed by atoms with Gasteiger partial charge in [0.25, 0.3) is 0 Å². The van der Waals surface area contributed by atoms with Crippen molar-refractivity contribution < 1.29 is 0 Å². The summed E-state index contributed by atoms with van der Waals surface area (Å²) in [5.74, 6) is 0. The van der Waals surface area contributed by atoms with Crippen LogP contribution in [0.2, 0.25) is 0 Å². The molecule has 9 rings (SSSR count). The van der Waals surface area contributed by atoms with Gasteiger partial charge in [-0.2, -0.15) is 0 Å². The molecule has 4 aliphatic rings. The van der Waals surface area contributed by atoms with Gasteiger partial charge in [0.1, 0.15) is 0 Å². The number of anilines is 5. The summed E-state index contributed by atoms with van der Waals surface area (Å²) < 4.78 is 0. The molecule has 0 fully saturated rings. The fourth-order valence-electron chi connectivity index (χ4n) is 8.22. The third kappa shape index (κ3) is 3.63. The van der Waals surface area contributed by atoms with Gasteiger partial charge in [0.2, 0.25) is 6.71 Å². The Labute approximate surface area is 259 Å². The van der Waals surface area contributed by atoms with Gasteiger partial charge in [-0.3, -0.25) is 0 Å². The van der Waals surface area contributed by atoms with Crippen molar-refractivity contribution in [3.8, 4) is 0 Å². The van der Waals surface area contributed by atoms with E-state index in [1.165, 1.54) is 85.1 Å². The molecular formula is C39H33BN2S. The summed E-state index contributed by atoms with van der Waals surface area (Å²) in [7, 11) is 0. The number of benzene rings is 5. The number of nitrogens with zero attached hydrogens (tertiary/aromatic N) is 2. The second kappa shape index (κ2) is 9.43. The third-order valence-corrected chi connectivity index (χ3v) is 11.3. The van der Waals surface area contributed by atoms with Crippen molar-refractivity contribution in [2.75, 3.05) is 9.80 Å². The molecule has 208 valence electrons. The number of rotatable bonds is 2. The highest BCUT2D eigenvalue weighted by Gasteiger charge is 2.42.